The van der Waals surface area contributed by atoms with Gasteiger partial charge in [0.05, 0.1) is 5.69 Å². The summed E-state index contributed by atoms with van der Waals surface area (Å²) in [7, 11) is 0. The monoisotopic (exact) mass is 306 g/mol. The summed E-state index contributed by atoms with van der Waals surface area (Å²) in [6.45, 7) is 0.654. The zero-order valence-corrected chi connectivity index (χ0v) is 12.8. The molecule has 2 aliphatic heterocycles. The predicted octanol–water partition coefficient (Wildman–Crippen LogP) is 3.23. The minimum Gasteiger partial charge on any atom is -0.309 e. The molecule has 0 aromatic heterocycles. The Labute approximate surface area is 135 Å². The van der Waals surface area contributed by atoms with Gasteiger partial charge in [0, 0.05) is 13.0 Å². The fourth-order valence-electron chi connectivity index (χ4n) is 3.79. The number of imide groups is 1. The Morgan fingerprint density at radius 2 is 1.57 bits per heavy atom. The van der Waals surface area contributed by atoms with Crippen molar-refractivity contribution in [1.82, 2.24) is 4.90 Å². The van der Waals surface area contributed by atoms with Crippen molar-refractivity contribution in [3.05, 3.63) is 66.2 Å². The van der Waals surface area contributed by atoms with E-state index in [1.165, 1.54) is 4.90 Å². The second-order valence-electron chi connectivity index (χ2n) is 6.21. The molecule has 1 atom stereocenters. The highest BCUT2D eigenvalue weighted by atomic mass is 16.2. The summed E-state index contributed by atoms with van der Waals surface area (Å²) >= 11 is 0. The number of amides is 3. The van der Waals surface area contributed by atoms with E-state index in [2.05, 4.69) is 0 Å². The summed E-state index contributed by atoms with van der Waals surface area (Å²) in [6.07, 6.45) is 2.20. The van der Waals surface area contributed by atoms with Crippen molar-refractivity contribution < 1.29 is 9.59 Å². The maximum absolute atomic E-state index is 13.2. The number of fused-ring (bicyclic) bond motifs is 1. The Morgan fingerprint density at radius 3 is 2.26 bits per heavy atom. The van der Waals surface area contributed by atoms with Gasteiger partial charge in [-0.15, -0.1) is 0 Å². The normalized spacial score (nSPS) is 23.5. The van der Waals surface area contributed by atoms with Gasteiger partial charge in [0.15, 0.2) is 0 Å². The predicted molar refractivity (Wildman–Crippen MR) is 88.1 cm³/mol. The van der Waals surface area contributed by atoms with Crippen LogP contribution in [-0.4, -0.2) is 28.9 Å². The molecule has 2 saturated heterocycles. The van der Waals surface area contributed by atoms with Gasteiger partial charge < -0.3 is 4.90 Å². The molecule has 4 rings (SSSR count). The Kier molecular flexibility index (Phi) is 3.18. The molecule has 3 amide bonds. The number of nitrogens with zero attached hydrogens (tertiary/aromatic N) is 2. The number of para-hydroxylation sites is 1. The molecule has 0 N–H and O–H groups in total. The quantitative estimate of drug-likeness (QED) is 0.817. The van der Waals surface area contributed by atoms with Crippen molar-refractivity contribution in [3.63, 3.8) is 0 Å². The van der Waals surface area contributed by atoms with Gasteiger partial charge >= 0.3 is 6.03 Å². The molecule has 2 aliphatic rings. The Hall–Kier alpha value is -2.62. The molecule has 23 heavy (non-hydrogen) atoms. The lowest BCUT2D eigenvalue weighted by molar-refractivity contribution is -0.123. The van der Waals surface area contributed by atoms with Crippen LogP contribution in [0.2, 0.25) is 0 Å². The molecule has 2 heterocycles. The van der Waals surface area contributed by atoms with Crippen LogP contribution in [-0.2, 0) is 11.2 Å². The van der Waals surface area contributed by atoms with Crippen molar-refractivity contribution in [1.29, 1.82) is 0 Å². The average molecular weight is 306 g/mol. The van der Waals surface area contributed by atoms with E-state index in [0.717, 1.165) is 18.4 Å². The van der Waals surface area contributed by atoms with Gasteiger partial charge in [0.2, 0.25) is 0 Å². The molecular formula is C19H18N2O2. The molecule has 0 saturated carbocycles. The van der Waals surface area contributed by atoms with Crippen LogP contribution in [0, 0.1) is 0 Å². The number of carbonyl (C=O) groups excluding carboxylic acids is 2. The van der Waals surface area contributed by atoms with E-state index in [4.69, 9.17) is 0 Å². The number of anilines is 1. The first-order chi connectivity index (χ1) is 11.2. The lowest BCUT2D eigenvalue weighted by Crippen LogP contribution is -2.47. The van der Waals surface area contributed by atoms with Crippen LogP contribution >= 0.6 is 0 Å². The lowest BCUT2D eigenvalue weighted by Gasteiger charge is -2.28. The fraction of sp³-hybridized carbons (Fsp3) is 0.263. The first-order valence-electron chi connectivity index (χ1n) is 7.97. The van der Waals surface area contributed by atoms with Gasteiger partial charge in [-0.1, -0.05) is 48.5 Å². The summed E-state index contributed by atoms with van der Waals surface area (Å²) < 4.78 is 0. The van der Waals surface area contributed by atoms with Gasteiger partial charge in [-0.05, 0) is 30.5 Å². The molecule has 0 radical (unpaired) electrons. The summed E-state index contributed by atoms with van der Waals surface area (Å²) in [4.78, 5) is 29.1. The van der Waals surface area contributed by atoms with Crippen LogP contribution < -0.4 is 4.90 Å². The van der Waals surface area contributed by atoms with Crippen molar-refractivity contribution in [3.8, 4) is 0 Å². The molecule has 2 aromatic carbocycles. The van der Waals surface area contributed by atoms with Gasteiger partial charge in [0.1, 0.15) is 5.54 Å². The maximum Gasteiger partial charge on any atom is 0.332 e. The zero-order chi connectivity index (χ0) is 15.9. The molecule has 0 aliphatic carbocycles. The smallest absolute Gasteiger partial charge is 0.309 e. The first kappa shape index (κ1) is 14.0. The Morgan fingerprint density at radius 1 is 0.913 bits per heavy atom. The third kappa shape index (κ3) is 2.05. The summed E-state index contributed by atoms with van der Waals surface area (Å²) in [5.41, 5.74) is 1.04. The van der Waals surface area contributed by atoms with Crippen LogP contribution in [0.15, 0.2) is 60.7 Å². The third-order valence-corrected chi connectivity index (χ3v) is 4.87. The molecule has 4 heteroatoms. The molecule has 116 valence electrons. The van der Waals surface area contributed by atoms with Crippen LogP contribution in [0.25, 0.3) is 0 Å². The summed E-state index contributed by atoms with van der Waals surface area (Å²) in [5, 5.41) is 0. The van der Waals surface area contributed by atoms with E-state index in [1.54, 1.807) is 4.90 Å². The highest BCUT2D eigenvalue weighted by molar-refractivity contribution is 6.23. The Balaban J connectivity index is 1.74. The highest BCUT2D eigenvalue weighted by Gasteiger charge is 2.59. The minimum absolute atomic E-state index is 0.0879. The highest BCUT2D eigenvalue weighted by Crippen LogP contribution is 2.41. The van der Waals surface area contributed by atoms with Gasteiger partial charge in [-0.2, -0.15) is 0 Å². The number of hydrogen-bond donors (Lipinski definition) is 0. The molecule has 2 aromatic rings. The van der Waals surface area contributed by atoms with E-state index in [9.17, 15) is 9.59 Å². The number of carbonyl (C=O) groups is 2. The van der Waals surface area contributed by atoms with E-state index in [1.807, 2.05) is 60.7 Å². The fourth-order valence-corrected chi connectivity index (χ4v) is 3.79. The first-order valence-corrected chi connectivity index (χ1v) is 7.97. The topological polar surface area (TPSA) is 40.6 Å². The van der Waals surface area contributed by atoms with Crippen molar-refractivity contribution in [2.75, 3.05) is 11.4 Å². The standard InChI is InChI=1S/C19H18N2O2/c22-17-19(14-15-8-3-1-4-9-15)12-7-13-20(19)18(23)21(17)16-10-5-2-6-11-16/h1-6,8-11H,7,12-14H2. The second kappa shape index (κ2) is 5.23. The van der Waals surface area contributed by atoms with Crippen LogP contribution in [0.5, 0.6) is 0 Å². The largest absolute Gasteiger partial charge is 0.332 e. The SMILES string of the molecule is O=C1N(c2ccccc2)C(=O)C2(Cc3ccccc3)CCCN12. The zero-order valence-electron chi connectivity index (χ0n) is 12.8. The van der Waals surface area contributed by atoms with E-state index in [0.29, 0.717) is 18.7 Å². The number of urea groups is 1. The van der Waals surface area contributed by atoms with E-state index in [-0.39, 0.29) is 11.9 Å². The molecule has 4 nitrogen and oxygen atoms in total. The van der Waals surface area contributed by atoms with Crippen molar-refractivity contribution >= 4 is 17.6 Å². The molecular weight excluding hydrogens is 288 g/mol. The van der Waals surface area contributed by atoms with Gasteiger partial charge in [-0.3, -0.25) is 4.79 Å². The lowest BCUT2D eigenvalue weighted by atomic mass is 9.88. The molecule has 2 fully saturated rings. The molecule has 0 bridgehead atoms. The maximum atomic E-state index is 13.2. The van der Waals surface area contributed by atoms with Crippen molar-refractivity contribution in [2.45, 2.75) is 24.8 Å². The molecule has 1 unspecified atom stereocenters. The summed E-state index contributed by atoms with van der Waals surface area (Å²) in [6, 6.07) is 19.0. The minimum atomic E-state index is -0.714. The average Bonchev–Trinajstić information content (AvgIpc) is 3.08. The molecule has 0 spiro atoms. The summed E-state index contributed by atoms with van der Waals surface area (Å²) in [5.74, 6) is -0.0879. The number of rotatable bonds is 3. The van der Waals surface area contributed by atoms with Gasteiger partial charge in [-0.25, -0.2) is 9.69 Å². The van der Waals surface area contributed by atoms with E-state index >= 15 is 0 Å². The third-order valence-electron chi connectivity index (χ3n) is 4.87. The number of hydrogen-bond acceptors (Lipinski definition) is 2. The van der Waals surface area contributed by atoms with E-state index < -0.39 is 5.54 Å². The second-order valence-corrected chi connectivity index (χ2v) is 6.21. The number of benzene rings is 2. The van der Waals surface area contributed by atoms with Crippen LogP contribution in [0.3, 0.4) is 0 Å². The van der Waals surface area contributed by atoms with Crippen molar-refractivity contribution in [2.24, 2.45) is 0 Å². The van der Waals surface area contributed by atoms with Crippen LogP contribution in [0.1, 0.15) is 18.4 Å². The van der Waals surface area contributed by atoms with Gasteiger partial charge in [0.25, 0.3) is 5.91 Å². The van der Waals surface area contributed by atoms with Crippen LogP contribution in [0.4, 0.5) is 10.5 Å². The Bertz CT molecular complexity index is 744.